The minimum absolute atomic E-state index is 0.0212. The number of aromatic carboxylic acids is 1. The SMILES string of the molecule is CN(C)c1ccc(C(=O)N2Cc3cc(C(=O)O)sc3C(C)(C)C2)cc1. The largest absolute Gasteiger partial charge is 0.477 e. The van der Waals surface area contributed by atoms with E-state index in [-0.39, 0.29) is 11.3 Å². The Morgan fingerprint density at radius 2 is 1.84 bits per heavy atom. The summed E-state index contributed by atoms with van der Waals surface area (Å²) in [5.41, 5.74) is 2.38. The molecule has 0 fully saturated rings. The maximum absolute atomic E-state index is 12.9. The number of thiophene rings is 1. The number of carboxylic acids is 1. The molecular weight excluding hydrogens is 336 g/mol. The second-order valence-electron chi connectivity index (χ2n) is 7.26. The number of fused-ring (bicyclic) bond motifs is 1. The molecule has 132 valence electrons. The monoisotopic (exact) mass is 358 g/mol. The summed E-state index contributed by atoms with van der Waals surface area (Å²) in [5.74, 6) is -0.931. The molecule has 0 radical (unpaired) electrons. The average Bonchev–Trinajstić information content (AvgIpc) is 2.99. The van der Waals surface area contributed by atoms with Crippen molar-refractivity contribution in [1.82, 2.24) is 4.90 Å². The van der Waals surface area contributed by atoms with Crippen LogP contribution < -0.4 is 4.90 Å². The normalized spacial score (nSPS) is 15.6. The molecule has 0 saturated heterocycles. The minimum Gasteiger partial charge on any atom is -0.477 e. The predicted octanol–water partition coefficient (Wildman–Crippen LogP) is 3.45. The summed E-state index contributed by atoms with van der Waals surface area (Å²) >= 11 is 1.32. The Morgan fingerprint density at radius 1 is 1.20 bits per heavy atom. The molecule has 0 unspecified atom stereocenters. The van der Waals surface area contributed by atoms with E-state index in [0.29, 0.717) is 23.5 Å². The highest BCUT2D eigenvalue weighted by Gasteiger charge is 2.36. The number of rotatable bonds is 3. The molecule has 2 aromatic rings. The number of hydrogen-bond donors (Lipinski definition) is 1. The first kappa shape index (κ1) is 17.5. The van der Waals surface area contributed by atoms with Crippen molar-refractivity contribution in [2.24, 2.45) is 0 Å². The van der Waals surface area contributed by atoms with E-state index in [1.807, 2.05) is 48.2 Å². The van der Waals surface area contributed by atoms with Crippen molar-refractivity contribution in [3.63, 3.8) is 0 Å². The lowest BCUT2D eigenvalue weighted by Gasteiger charge is -2.38. The van der Waals surface area contributed by atoms with Crippen molar-refractivity contribution in [2.75, 3.05) is 25.5 Å². The first-order chi connectivity index (χ1) is 11.7. The summed E-state index contributed by atoms with van der Waals surface area (Å²) in [6.45, 7) is 5.15. The fourth-order valence-electron chi connectivity index (χ4n) is 3.26. The Morgan fingerprint density at radius 3 is 2.40 bits per heavy atom. The van der Waals surface area contributed by atoms with Gasteiger partial charge in [0.15, 0.2) is 0 Å². The molecule has 2 heterocycles. The molecule has 0 atom stereocenters. The molecule has 6 heteroatoms. The van der Waals surface area contributed by atoms with Gasteiger partial charge in [0.2, 0.25) is 0 Å². The first-order valence-electron chi connectivity index (χ1n) is 8.12. The van der Waals surface area contributed by atoms with Crippen LogP contribution in [0, 0.1) is 0 Å². The van der Waals surface area contributed by atoms with E-state index in [9.17, 15) is 14.7 Å². The van der Waals surface area contributed by atoms with Gasteiger partial charge >= 0.3 is 5.97 Å². The van der Waals surface area contributed by atoms with Crippen molar-refractivity contribution in [2.45, 2.75) is 25.8 Å². The van der Waals surface area contributed by atoms with Crippen molar-refractivity contribution in [3.05, 3.63) is 51.2 Å². The number of amides is 1. The maximum Gasteiger partial charge on any atom is 0.345 e. The van der Waals surface area contributed by atoms with Gasteiger partial charge in [0.05, 0.1) is 0 Å². The summed E-state index contributed by atoms with van der Waals surface area (Å²) in [5, 5.41) is 9.25. The number of carbonyl (C=O) groups excluding carboxylic acids is 1. The van der Waals surface area contributed by atoms with E-state index in [1.54, 1.807) is 6.07 Å². The number of nitrogens with zero attached hydrogens (tertiary/aromatic N) is 2. The average molecular weight is 358 g/mol. The van der Waals surface area contributed by atoms with Gasteiger partial charge in [-0.05, 0) is 35.9 Å². The van der Waals surface area contributed by atoms with Gasteiger partial charge in [-0.1, -0.05) is 13.8 Å². The van der Waals surface area contributed by atoms with Gasteiger partial charge in [0.1, 0.15) is 4.88 Å². The Hall–Kier alpha value is -2.34. The fraction of sp³-hybridized carbons (Fsp3) is 0.368. The molecule has 0 spiro atoms. The maximum atomic E-state index is 12.9. The number of hydrogen-bond acceptors (Lipinski definition) is 4. The Bertz CT molecular complexity index is 822. The standard InChI is InChI=1S/C19H22N2O3S/c1-19(2)11-21(10-13-9-15(18(23)24)25-16(13)19)17(22)12-5-7-14(8-6-12)20(3)4/h5-9H,10-11H2,1-4H3,(H,23,24). The molecule has 1 N–H and O–H groups in total. The molecule has 5 nitrogen and oxygen atoms in total. The zero-order valence-corrected chi connectivity index (χ0v) is 15.7. The smallest absolute Gasteiger partial charge is 0.345 e. The van der Waals surface area contributed by atoms with Gasteiger partial charge < -0.3 is 14.9 Å². The van der Waals surface area contributed by atoms with Crippen molar-refractivity contribution in [3.8, 4) is 0 Å². The minimum atomic E-state index is -0.910. The van der Waals surface area contributed by atoms with Crippen LogP contribution in [0.2, 0.25) is 0 Å². The van der Waals surface area contributed by atoms with Crippen LogP contribution in [-0.4, -0.2) is 42.5 Å². The third kappa shape index (κ3) is 3.26. The second kappa shape index (κ2) is 6.19. The highest BCUT2D eigenvalue weighted by molar-refractivity contribution is 7.14. The summed E-state index contributed by atoms with van der Waals surface area (Å²) in [6, 6.07) is 9.26. The molecule has 1 amide bonds. The molecule has 0 aliphatic carbocycles. The molecule has 3 rings (SSSR count). The fourth-order valence-corrected chi connectivity index (χ4v) is 4.37. The lowest BCUT2D eigenvalue weighted by atomic mass is 9.85. The van der Waals surface area contributed by atoms with Crippen LogP contribution in [-0.2, 0) is 12.0 Å². The molecule has 1 aromatic heterocycles. The van der Waals surface area contributed by atoms with E-state index in [0.717, 1.165) is 16.1 Å². The van der Waals surface area contributed by atoms with E-state index < -0.39 is 5.97 Å². The summed E-state index contributed by atoms with van der Waals surface area (Å²) in [4.78, 5) is 29.4. The van der Waals surface area contributed by atoms with Gasteiger partial charge in [0, 0.05) is 48.7 Å². The summed E-state index contributed by atoms with van der Waals surface area (Å²) < 4.78 is 0. The molecule has 1 aliphatic heterocycles. The second-order valence-corrected chi connectivity index (χ2v) is 8.31. The highest BCUT2D eigenvalue weighted by Crippen LogP contribution is 2.39. The Kier molecular flexibility index (Phi) is 4.33. The van der Waals surface area contributed by atoms with E-state index in [4.69, 9.17) is 0 Å². The zero-order chi connectivity index (χ0) is 18.4. The van der Waals surface area contributed by atoms with Crippen LogP contribution in [0.4, 0.5) is 5.69 Å². The number of carboxylic acid groups (broad SMARTS) is 1. The van der Waals surface area contributed by atoms with Gasteiger partial charge in [-0.15, -0.1) is 11.3 Å². The molecule has 1 aliphatic rings. The van der Waals surface area contributed by atoms with E-state index in [1.165, 1.54) is 11.3 Å². The lowest BCUT2D eigenvalue weighted by Crippen LogP contribution is -2.44. The Labute approximate surface area is 151 Å². The third-order valence-corrected chi connectivity index (χ3v) is 6.03. The summed E-state index contributed by atoms with van der Waals surface area (Å²) in [6.07, 6.45) is 0. The van der Waals surface area contributed by atoms with Gasteiger partial charge in [0.25, 0.3) is 5.91 Å². The van der Waals surface area contributed by atoms with Crippen LogP contribution in [0.5, 0.6) is 0 Å². The van der Waals surface area contributed by atoms with Crippen LogP contribution in [0.1, 0.15) is 44.3 Å². The highest BCUT2D eigenvalue weighted by atomic mass is 32.1. The van der Waals surface area contributed by atoms with Crippen LogP contribution in [0.15, 0.2) is 30.3 Å². The molecule has 0 bridgehead atoms. The quantitative estimate of drug-likeness (QED) is 0.913. The van der Waals surface area contributed by atoms with Gasteiger partial charge in [-0.2, -0.15) is 0 Å². The van der Waals surface area contributed by atoms with E-state index in [2.05, 4.69) is 13.8 Å². The zero-order valence-electron chi connectivity index (χ0n) is 14.9. The lowest BCUT2D eigenvalue weighted by molar-refractivity contribution is 0.0688. The molecule has 0 saturated carbocycles. The molecule has 1 aromatic carbocycles. The van der Waals surface area contributed by atoms with Crippen LogP contribution >= 0.6 is 11.3 Å². The number of benzene rings is 1. The summed E-state index contributed by atoms with van der Waals surface area (Å²) in [7, 11) is 3.92. The van der Waals surface area contributed by atoms with Gasteiger partial charge in [-0.25, -0.2) is 4.79 Å². The predicted molar refractivity (Wildman–Crippen MR) is 99.8 cm³/mol. The topological polar surface area (TPSA) is 60.9 Å². The van der Waals surface area contributed by atoms with Crippen LogP contribution in [0.25, 0.3) is 0 Å². The number of carbonyl (C=O) groups is 2. The molecule has 25 heavy (non-hydrogen) atoms. The number of anilines is 1. The van der Waals surface area contributed by atoms with Crippen molar-refractivity contribution < 1.29 is 14.7 Å². The van der Waals surface area contributed by atoms with Crippen LogP contribution in [0.3, 0.4) is 0 Å². The Balaban J connectivity index is 1.88. The van der Waals surface area contributed by atoms with Crippen molar-refractivity contribution in [1.29, 1.82) is 0 Å². The molecular formula is C19H22N2O3S. The van der Waals surface area contributed by atoms with Gasteiger partial charge in [-0.3, -0.25) is 4.79 Å². The first-order valence-corrected chi connectivity index (χ1v) is 8.94. The van der Waals surface area contributed by atoms with E-state index >= 15 is 0 Å². The van der Waals surface area contributed by atoms with Crippen molar-refractivity contribution >= 4 is 28.9 Å². The third-order valence-electron chi connectivity index (χ3n) is 4.50.